The van der Waals surface area contributed by atoms with E-state index in [9.17, 15) is 4.79 Å². The van der Waals surface area contributed by atoms with Crippen molar-refractivity contribution in [1.82, 2.24) is 15.5 Å². The molecule has 0 aliphatic heterocycles. The number of halogens is 1. The molecule has 0 bridgehead atoms. The zero-order chi connectivity index (χ0) is 18.5. The number of aromatic nitrogens is 2. The quantitative estimate of drug-likeness (QED) is 0.622. The molecule has 1 amide bonds. The fourth-order valence-corrected chi connectivity index (χ4v) is 3.14. The maximum absolute atomic E-state index is 12.2. The highest BCUT2D eigenvalue weighted by Gasteiger charge is 2.14. The highest BCUT2D eigenvalue weighted by atomic mass is 35.5. The molecule has 0 radical (unpaired) electrons. The molecule has 134 valence electrons. The molecular formula is C19H18ClN3O2S. The molecule has 3 aromatic rings. The van der Waals surface area contributed by atoms with Crippen molar-refractivity contribution in [3.63, 3.8) is 0 Å². The summed E-state index contributed by atoms with van der Waals surface area (Å²) < 4.78 is 5.65. The average Bonchev–Trinajstić information content (AvgIpc) is 3.09. The number of hydrogen-bond donors (Lipinski definition) is 1. The van der Waals surface area contributed by atoms with Gasteiger partial charge in [0.1, 0.15) is 0 Å². The SMILES string of the molecule is Cc1ccccc1-c1nnc(SCC(=O)NC(C)c2ccc(Cl)cc2)o1. The van der Waals surface area contributed by atoms with Crippen molar-refractivity contribution in [2.45, 2.75) is 25.1 Å². The summed E-state index contributed by atoms with van der Waals surface area (Å²) in [5.41, 5.74) is 2.95. The Morgan fingerprint density at radius 3 is 2.65 bits per heavy atom. The third-order valence-electron chi connectivity index (χ3n) is 3.86. The first-order chi connectivity index (χ1) is 12.5. The zero-order valence-corrected chi connectivity index (χ0v) is 16.0. The highest BCUT2D eigenvalue weighted by molar-refractivity contribution is 7.99. The fourth-order valence-electron chi connectivity index (χ4n) is 2.44. The number of nitrogens with one attached hydrogen (secondary N) is 1. The van der Waals surface area contributed by atoms with Gasteiger partial charge in [-0.25, -0.2) is 0 Å². The lowest BCUT2D eigenvalue weighted by Crippen LogP contribution is -2.28. The van der Waals surface area contributed by atoms with Gasteiger partial charge in [0, 0.05) is 10.6 Å². The predicted molar refractivity (Wildman–Crippen MR) is 103 cm³/mol. The Morgan fingerprint density at radius 1 is 1.19 bits per heavy atom. The summed E-state index contributed by atoms with van der Waals surface area (Å²) in [5, 5.41) is 12.0. The van der Waals surface area contributed by atoms with Crippen LogP contribution in [-0.2, 0) is 4.79 Å². The molecule has 1 N–H and O–H groups in total. The van der Waals surface area contributed by atoms with Crippen molar-refractivity contribution in [2.75, 3.05) is 5.75 Å². The lowest BCUT2D eigenvalue weighted by atomic mass is 10.1. The van der Waals surface area contributed by atoms with Gasteiger partial charge in [0.2, 0.25) is 11.8 Å². The van der Waals surface area contributed by atoms with Crippen LogP contribution < -0.4 is 5.32 Å². The van der Waals surface area contributed by atoms with Crippen LogP contribution in [0.4, 0.5) is 0 Å². The Morgan fingerprint density at radius 2 is 1.92 bits per heavy atom. The monoisotopic (exact) mass is 387 g/mol. The Kier molecular flexibility index (Phi) is 5.96. The summed E-state index contributed by atoms with van der Waals surface area (Å²) >= 11 is 7.10. The minimum absolute atomic E-state index is 0.104. The molecule has 3 rings (SSSR count). The maximum atomic E-state index is 12.2. The second kappa shape index (κ2) is 8.38. The van der Waals surface area contributed by atoms with Gasteiger partial charge in [-0.1, -0.05) is 53.7 Å². The molecule has 0 saturated carbocycles. The number of benzene rings is 2. The van der Waals surface area contributed by atoms with E-state index in [0.29, 0.717) is 16.1 Å². The Bertz CT molecular complexity index is 896. The molecule has 0 aliphatic carbocycles. The molecule has 0 saturated heterocycles. The Balaban J connectivity index is 1.55. The van der Waals surface area contributed by atoms with Crippen molar-refractivity contribution >= 4 is 29.3 Å². The van der Waals surface area contributed by atoms with Gasteiger partial charge in [0.15, 0.2) is 0 Å². The van der Waals surface area contributed by atoms with Crippen LogP contribution in [0, 0.1) is 6.92 Å². The van der Waals surface area contributed by atoms with E-state index in [-0.39, 0.29) is 17.7 Å². The molecule has 1 atom stereocenters. The standard InChI is InChI=1S/C19H18ClN3O2S/c1-12-5-3-4-6-16(12)18-22-23-19(25-18)26-11-17(24)21-13(2)14-7-9-15(20)10-8-14/h3-10,13H,11H2,1-2H3,(H,21,24). The lowest BCUT2D eigenvalue weighted by Gasteiger charge is -2.13. The van der Waals surface area contributed by atoms with Crippen LogP contribution in [0.15, 0.2) is 58.2 Å². The van der Waals surface area contributed by atoms with E-state index in [0.717, 1.165) is 16.7 Å². The lowest BCUT2D eigenvalue weighted by molar-refractivity contribution is -0.119. The smallest absolute Gasteiger partial charge is 0.277 e. The average molecular weight is 388 g/mol. The first kappa shape index (κ1) is 18.5. The van der Waals surface area contributed by atoms with Gasteiger partial charge < -0.3 is 9.73 Å². The second-order valence-corrected chi connectivity index (χ2v) is 7.18. The topological polar surface area (TPSA) is 68.0 Å². The molecule has 5 nitrogen and oxygen atoms in total. The van der Waals surface area contributed by atoms with Gasteiger partial charge in [0.25, 0.3) is 5.22 Å². The largest absolute Gasteiger partial charge is 0.411 e. The molecule has 1 unspecified atom stereocenters. The third kappa shape index (κ3) is 4.65. The van der Waals surface area contributed by atoms with Gasteiger partial charge in [0.05, 0.1) is 11.8 Å². The summed E-state index contributed by atoms with van der Waals surface area (Å²) in [6.45, 7) is 3.91. The normalized spacial score (nSPS) is 12.0. The van der Waals surface area contributed by atoms with Gasteiger partial charge in [-0.2, -0.15) is 0 Å². The predicted octanol–water partition coefficient (Wildman–Crippen LogP) is 4.67. The summed E-state index contributed by atoms with van der Waals surface area (Å²) in [7, 11) is 0. The van der Waals surface area contributed by atoms with E-state index in [1.807, 2.05) is 50.2 Å². The minimum atomic E-state index is -0.106. The molecular weight excluding hydrogens is 370 g/mol. The molecule has 1 aromatic heterocycles. The van der Waals surface area contributed by atoms with Crippen LogP contribution in [-0.4, -0.2) is 21.9 Å². The maximum Gasteiger partial charge on any atom is 0.277 e. The van der Waals surface area contributed by atoms with Gasteiger partial charge >= 0.3 is 0 Å². The van der Waals surface area contributed by atoms with Gasteiger partial charge in [-0.15, -0.1) is 10.2 Å². The van der Waals surface area contributed by atoms with E-state index >= 15 is 0 Å². The number of carbonyl (C=O) groups is 1. The van der Waals surface area contributed by atoms with Crippen molar-refractivity contribution in [3.8, 4) is 11.5 Å². The Labute approximate surface area is 161 Å². The van der Waals surface area contributed by atoms with Crippen LogP contribution in [0.2, 0.25) is 5.02 Å². The van der Waals surface area contributed by atoms with E-state index in [1.165, 1.54) is 11.8 Å². The van der Waals surface area contributed by atoms with Crippen LogP contribution in [0.3, 0.4) is 0 Å². The van der Waals surface area contributed by atoms with Crippen LogP contribution >= 0.6 is 23.4 Å². The summed E-state index contributed by atoms with van der Waals surface area (Å²) in [4.78, 5) is 12.2. The van der Waals surface area contributed by atoms with Crippen molar-refractivity contribution in [2.24, 2.45) is 0 Å². The van der Waals surface area contributed by atoms with Crippen LogP contribution in [0.1, 0.15) is 24.1 Å². The van der Waals surface area contributed by atoms with Crippen LogP contribution in [0.25, 0.3) is 11.5 Å². The molecule has 0 fully saturated rings. The Hall–Kier alpha value is -2.31. The highest BCUT2D eigenvalue weighted by Crippen LogP contribution is 2.25. The number of aryl methyl sites for hydroxylation is 1. The van der Waals surface area contributed by atoms with Crippen LogP contribution in [0.5, 0.6) is 0 Å². The number of thioether (sulfide) groups is 1. The minimum Gasteiger partial charge on any atom is -0.411 e. The van der Waals surface area contributed by atoms with Crippen molar-refractivity contribution < 1.29 is 9.21 Å². The van der Waals surface area contributed by atoms with E-state index in [2.05, 4.69) is 15.5 Å². The fraction of sp³-hybridized carbons (Fsp3) is 0.211. The molecule has 0 aliphatic rings. The summed E-state index contributed by atoms with van der Waals surface area (Å²) in [6, 6.07) is 15.1. The van der Waals surface area contributed by atoms with E-state index < -0.39 is 0 Å². The molecule has 7 heteroatoms. The van der Waals surface area contributed by atoms with E-state index in [4.69, 9.17) is 16.0 Å². The second-order valence-electron chi connectivity index (χ2n) is 5.82. The summed E-state index contributed by atoms with van der Waals surface area (Å²) in [6.07, 6.45) is 0. The molecule has 0 spiro atoms. The first-order valence-electron chi connectivity index (χ1n) is 8.10. The van der Waals surface area contributed by atoms with Crippen molar-refractivity contribution in [3.05, 3.63) is 64.7 Å². The number of rotatable bonds is 6. The number of hydrogen-bond acceptors (Lipinski definition) is 5. The third-order valence-corrected chi connectivity index (χ3v) is 4.93. The molecule has 26 heavy (non-hydrogen) atoms. The first-order valence-corrected chi connectivity index (χ1v) is 9.46. The summed E-state index contributed by atoms with van der Waals surface area (Å²) in [5.74, 6) is 0.557. The molecule has 2 aromatic carbocycles. The van der Waals surface area contributed by atoms with Gasteiger partial charge in [-0.05, 0) is 43.2 Å². The van der Waals surface area contributed by atoms with Gasteiger partial charge in [-0.3, -0.25) is 4.79 Å². The van der Waals surface area contributed by atoms with E-state index in [1.54, 1.807) is 12.1 Å². The number of amides is 1. The van der Waals surface area contributed by atoms with Crippen molar-refractivity contribution in [1.29, 1.82) is 0 Å². The number of nitrogens with zero attached hydrogens (tertiary/aromatic N) is 2. The zero-order valence-electron chi connectivity index (χ0n) is 14.4. The number of carbonyl (C=O) groups excluding carboxylic acids is 1. The molecule has 1 heterocycles.